The Kier molecular flexibility index (Phi) is 4.44. The van der Waals surface area contributed by atoms with E-state index in [0.717, 1.165) is 0 Å². The smallest absolute Gasteiger partial charge is 0.335 e. The number of rotatable bonds is 5. The quantitative estimate of drug-likeness (QED) is 0.840. The van der Waals surface area contributed by atoms with Crippen LogP contribution in [0.15, 0.2) is 24.3 Å². The molecule has 0 bridgehead atoms. The van der Waals surface area contributed by atoms with Gasteiger partial charge in [0.2, 0.25) is 5.91 Å². The number of amides is 1. The number of methoxy groups -OCH3 is 1. The normalized spacial score (nSPS) is 11.1. The summed E-state index contributed by atoms with van der Waals surface area (Å²) in [6, 6.07) is 6.11. The van der Waals surface area contributed by atoms with Gasteiger partial charge in [0.1, 0.15) is 0 Å². The maximum atomic E-state index is 11.7. The second-order valence-corrected chi connectivity index (χ2v) is 4.57. The van der Waals surface area contributed by atoms with Crippen molar-refractivity contribution in [3.63, 3.8) is 0 Å². The molecule has 98 valence electrons. The second-order valence-electron chi connectivity index (χ2n) is 4.57. The van der Waals surface area contributed by atoms with Crippen molar-refractivity contribution in [1.82, 2.24) is 0 Å². The SMILES string of the molecule is COC(C)(C)CC(=O)Nc1cccc(C(=O)O)c1. The highest BCUT2D eigenvalue weighted by atomic mass is 16.5. The zero-order valence-electron chi connectivity index (χ0n) is 10.7. The molecular weight excluding hydrogens is 234 g/mol. The fourth-order valence-corrected chi connectivity index (χ4v) is 1.39. The van der Waals surface area contributed by atoms with Crippen LogP contribution in [0.1, 0.15) is 30.6 Å². The molecule has 0 aliphatic rings. The third kappa shape index (κ3) is 4.18. The van der Waals surface area contributed by atoms with Gasteiger partial charge in [0, 0.05) is 12.8 Å². The molecule has 0 saturated carbocycles. The fourth-order valence-electron chi connectivity index (χ4n) is 1.39. The first kappa shape index (κ1) is 14.2. The van der Waals surface area contributed by atoms with E-state index in [-0.39, 0.29) is 17.9 Å². The Bertz CT molecular complexity index is 454. The molecule has 0 aromatic heterocycles. The van der Waals surface area contributed by atoms with Crippen LogP contribution < -0.4 is 5.32 Å². The first-order valence-electron chi connectivity index (χ1n) is 5.52. The Hall–Kier alpha value is -1.88. The molecule has 1 aromatic carbocycles. The molecule has 0 aliphatic carbocycles. The van der Waals surface area contributed by atoms with Crippen LogP contribution in [-0.2, 0) is 9.53 Å². The van der Waals surface area contributed by atoms with Crippen LogP contribution >= 0.6 is 0 Å². The van der Waals surface area contributed by atoms with E-state index < -0.39 is 11.6 Å². The summed E-state index contributed by atoms with van der Waals surface area (Å²) in [5.41, 5.74) is 0.0553. The van der Waals surface area contributed by atoms with Crippen LogP contribution in [0.3, 0.4) is 0 Å². The highest BCUT2D eigenvalue weighted by Gasteiger charge is 2.21. The maximum absolute atomic E-state index is 11.7. The molecule has 2 N–H and O–H groups in total. The number of aromatic carboxylic acids is 1. The number of hydrogen-bond donors (Lipinski definition) is 2. The number of carboxylic acid groups (broad SMARTS) is 1. The van der Waals surface area contributed by atoms with Crippen molar-refractivity contribution in [3.05, 3.63) is 29.8 Å². The lowest BCUT2D eigenvalue weighted by Gasteiger charge is -2.21. The molecule has 1 aromatic rings. The molecule has 5 heteroatoms. The van der Waals surface area contributed by atoms with Crippen LogP contribution in [0.5, 0.6) is 0 Å². The zero-order chi connectivity index (χ0) is 13.8. The molecule has 1 amide bonds. The molecule has 0 radical (unpaired) electrons. The van der Waals surface area contributed by atoms with E-state index >= 15 is 0 Å². The minimum Gasteiger partial charge on any atom is -0.478 e. The minimum atomic E-state index is -1.02. The summed E-state index contributed by atoms with van der Waals surface area (Å²) in [5, 5.41) is 11.5. The number of carboxylic acids is 1. The van der Waals surface area contributed by atoms with E-state index in [1.807, 2.05) is 0 Å². The maximum Gasteiger partial charge on any atom is 0.335 e. The molecule has 0 heterocycles. The van der Waals surface area contributed by atoms with Crippen molar-refractivity contribution in [2.24, 2.45) is 0 Å². The topological polar surface area (TPSA) is 75.6 Å². The fraction of sp³-hybridized carbons (Fsp3) is 0.385. The van der Waals surface area contributed by atoms with Gasteiger partial charge >= 0.3 is 5.97 Å². The van der Waals surface area contributed by atoms with E-state index in [1.54, 1.807) is 33.1 Å². The van der Waals surface area contributed by atoms with E-state index in [1.165, 1.54) is 12.1 Å². The predicted molar refractivity (Wildman–Crippen MR) is 67.7 cm³/mol. The number of anilines is 1. The monoisotopic (exact) mass is 251 g/mol. The Morgan fingerprint density at radius 2 is 2.06 bits per heavy atom. The summed E-state index contributed by atoms with van der Waals surface area (Å²) in [7, 11) is 1.54. The number of ether oxygens (including phenoxy) is 1. The molecule has 0 spiro atoms. The summed E-state index contributed by atoms with van der Waals surface area (Å²) in [6.07, 6.45) is 0.195. The Morgan fingerprint density at radius 3 is 2.61 bits per heavy atom. The van der Waals surface area contributed by atoms with Gasteiger partial charge in [-0.1, -0.05) is 6.07 Å². The van der Waals surface area contributed by atoms with Gasteiger partial charge < -0.3 is 15.2 Å². The van der Waals surface area contributed by atoms with E-state index in [2.05, 4.69) is 5.32 Å². The summed E-state index contributed by atoms with van der Waals surface area (Å²) >= 11 is 0. The van der Waals surface area contributed by atoms with Crippen LogP contribution in [0, 0.1) is 0 Å². The molecule has 0 unspecified atom stereocenters. The molecule has 18 heavy (non-hydrogen) atoms. The Labute approximate surface area is 106 Å². The number of benzene rings is 1. The lowest BCUT2D eigenvalue weighted by molar-refractivity contribution is -0.121. The summed E-state index contributed by atoms with van der Waals surface area (Å²) in [6.45, 7) is 3.61. The van der Waals surface area contributed by atoms with Gasteiger partial charge in [-0.2, -0.15) is 0 Å². The van der Waals surface area contributed by atoms with Crippen LogP contribution in [0.25, 0.3) is 0 Å². The Balaban J connectivity index is 2.70. The van der Waals surface area contributed by atoms with Gasteiger partial charge in [-0.25, -0.2) is 4.79 Å². The largest absolute Gasteiger partial charge is 0.478 e. The number of carbonyl (C=O) groups excluding carboxylic acids is 1. The molecule has 0 fully saturated rings. The first-order chi connectivity index (χ1) is 8.34. The molecule has 0 aliphatic heterocycles. The number of nitrogens with one attached hydrogen (secondary N) is 1. The summed E-state index contributed by atoms with van der Waals surface area (Å²) in [5.74, 6) is -1.24. The van der Waals surface area contributed by atoms with Gasteiger partial charge in [-0.3, -0.25) is 4.79 Å². The van der Waals surface area contributed by atoms with Gasteiger partial charge in [0.25, 0.3) is 0 Å². The van der Waals surface area contributed by atoms with Gasteiger partial charge in [0.15, 0.2) is 0 Å². The molecule has 0 atom stereocenters. The lowest BCUT2D eigenvalue weighted by atomic mass is 10.0. The Morgan fingerprint density at radius 1 is 1.39 bits per heavy atom. The van der Waals surface area contributed by atoms with Gasteiger partial charge in [-0.05, 0) is 32.0 Å². The van der Waals surface area contributed by atoms with Gasteiger partial charge in [0.05, 0.1) is 17.6 Å². The first-order valence-corrected chi connectivity index (χ1v) is 5.52. The second kappa shape index (κ2) is 5.64. The summed E-state index contributed by atoms with van der Waals surface area (Å²) in [4.78, 5) is 22.5. The van der Waals surface area contributed by atoms with E-state index in [0.29, 0.717) is 5.69 Å². The van der Waals surface area contributed by atoms with Crippen LogP contribution in [0.4, 0.5) is 5.69 Å². The standard InChI is InChI=1S/C13H17NO4/c1-13(2,18-3)8-11(15)14-10-6-4-5-9(7-10)12(16)17/h4-7H,8H2,1-3H3,(H,14,15)(H,16,17). The van der Waals surface area contributed by atoms with Crippen LogP contribution in [-0.4, -0.2) is 29.7 Å². The predicted octanol–water partition coefficient (Wildman–Crippen LogP) is 2.14. The van der Waals surface area contributed by atoms with Gasteiger partial charge in [-0.15, -0.1) is 0 Å². The average Bonchev–Trinajstić information content (AvgIpc) is 2.28. The highest BCUT2D eigenvalue weighted by molar-refractivity contribution is 5.94. The molecule has 5 nitrogen and oxygen atoms in total. The third-order valence-electron chi connectivity index (χ3n) is 2.53. The van der Waals surface area contributed by atoms with Crippen molar-refractivity contribution in [1.29, 1.82) is 0 Å². The highest BCUT2D eigenvalue weighted by Crippen LogP contribution is 2.16. The van der Waals surface area contributed by atoms with Crippen molar-refractivity contribution < 1.29 is 19.4 Å². The van der Waals surface area contributed by atoms with Crippen molar-refractivity contribution in [3.8, 4) is 0 Å². The molecular formula is C13H17NO4. The minimum absolute atomic E-state index is 0.138. The number of carbonyl (C=O) groups is 2. The average molecular weight is 251 g/mol. The van der Waals surface area contributed by atoms with Crippen molar-refractivity contribution in [2.45, 2.75) is 25.9 Å². The number of hydrogen-bond acceptors (Lipinski definition) is 3. The van der Waals surface area contributed by atoms with Crippen molar-refractivity contribution >= 4 is 17.6 Å². The van der Waals surface area contributed by atoms with E-state index in [9.17, 15) is 9.59 Å². The third-order valence-corrected chi connectivity index (χ3v) is 2.53. The van der Waals surface area contributed by atoms with E-state index in [4.69, 9.17) is 9.84 Å². The van der Waals surface area contributed by atoms with Crippen molar-refractivity contribution in [2.75, 3.05) is 12.4 Å². The summed E-state index contributed by atoms with van der Waals surface area (Å²) < 4.78 is 5.15. The van der Waals surface area contributed by atoms with Crippen LogP contribution in [0.2, 0.25) is 0 Å². The lowest BCUT2D eigenvalue weighted by Crippen LogP contribution is -2.29. The molecule has 1 rings (SSSR count). The molecule has 0 saturated heterocycles. The zero-order valence-corrected chi connectivity index (χ0v) is 10.7.